The van der Waals surface area contributed by atoms with Crippen LogP contribution in [0.3, 0.4) is 0 Å². The second kappa shape index (κ2) is 3.15. The molecule has 1 N–H and O–H groups in total. The molecule has 1 unspecified atom stereocenters. The van der Waals surface area contributed by atoms with E-state index in [9.17, 15) is 0 Å². The Morgan fingerprint density at radius 2 is 2.00 bits per heavy atom. The molecule has 1 saturated heterocycles. The molecule has 0 amide bonds. The van der Waals surface area contributed by atoms with Crippen molar-refractivity contribution in [3.05, 3.63) is 0 Å². The fourth-order valence-corrected chi connectivity index (χ4v) is 0.968. The molecule has 3 nitrogen and oxygen atoms in total. The molecular formula is C6H13NO2. The predicted molar refractivity (Wildman–Crippen MR) is 34.2 cm³/mol. The van der Waals surface area contributed by atoms with Crippen LogP contribution in [-0.2, 0) is 9.47 Å². The van der Waals surface area contributed by atoms with E-state index in [1.165, 1.54) is 0 Å². The van der Waals surface area contributed by atoms with Crippen LogP contribution in [0.25, 0.3) is 0 Å². The Bertz CT molecular complexity index is 79.1. The minimum Gasteiger partial charge on any atom is -0.354 e. The fraction of sp³-hybridized carbons (Fsp3) is 1.00. The summed E-state index contributed by atoms with van der Waals surface area (Å²) in [6.45, 7) is 1.09. The molecule has 0 saturated carbocycles. The van der Waals surface area contributed by atoms with Gasteiger partial charge < -0.3 is 14.8 Å². The zero-order valence-corrected chi connectivity index (χ0v) is 5.89. The van der Waals surface area contributed by atoms with Crippen LogP contribution in [0, 0.1) is 0 Å². The van der Waals surface area contributed by atoms with Gasteiger partial charge >= 0.3 is 0 Å². The summed E-state index contributed by atoms with van der Waals surface area (Å²) in [7, 11) is 3.32. The van der Waals surface area contributed by atoms with Crippen LogP contribution in [-0.4, -0.2) is 33.1 Å². The lowest BCUT2D eigenvalue weighted by Gasteiger charge is -2.32. The standard InChI is InChI=1S/C6H13NO2/c1-8-6(9-2)5-3-4-7-5/h5-7H,3-4H2,1-2H3. The number of hydrogen-bond donors (Lipinski definition) is 1. The van der Waals surface area contributed by atoms with Gasteiger partial charge in [-0.3, -0.25) is 0 Å². The van der Waals surface area contributed by atoms with Crippen molar-refractivity contribution in [2.24, 2.45) is 0 Å². The number of methoxy groups -OCH3 is 2. The molecule has 1 aliphatic rings. The van der Waals surface area contributed by atoms with Gasteiger partial charge in [-0.25, -0.2) is 0 Å². The van der Waals surface area contributed by atoms with Crippen molar-refractivity contribution in [2.75, 3.05) is 20.8 Å². The van der Waals surface area contributed by atoms with Crippen LogP contribution in [0.4, 0.5) is 0 Å². The normalized spacial score (nSPS) is 26.3. The number of nitrogens with one attached hydrogen (secondary N) is 1. The van der Waals surface area contributed by atoms with Crippen LogP contribution in [0.5, 0.6) is 0 Å². The number of ether oxygens (including phenoxy) is 2. The maximum atomic E-state index is 5.02. The first-order valence-corrected chi connectivity index (χ1v) is 3.17. The Balaban J connectivity index is 2.19. The van der Waals surface area contributed by atoms with Gasteiger partial charge in [0.05, 0.1) is 6.04 Å². The van der Waals surface area contributed by atoms with Gasteiger partial charge in [0.15, 0.2) is 6.29 Å². The Morgan fingerprint density at radius 1 is 1.44 bits per heavy atom. The highest BCUT2D eigenvalue weighted by Gasteiger charge is 2.25. The van der Waals surface area contributed by atoms with Crippen molar-refractivity contribution >= 4 is 0 Å². The van der Waals surface area contributed by atoms with Gasteiger partial charge in [-0.05, 0) is 13.0 Å². The molecule has 54 valence electrons. The maximum absolute atomic E-state index is 5.02. The largest absolute Gasteiger partial charge is 0.354 e. The summed E-state index contributed by atoms with van der Waals surface area (Å²) in [5.41, 5.74) is 0. The molecule has 0 aliphatic carbocycles. The number of rotatable bonds is 3. The molecule has 1 aliphatic heterocycles. The third kappa shape index (κ3) is 1.41. The molecule has 1 rings (SSSR count). The summed E-state index contributed by atoms with van der Waals surface area (Å²) in [6.07, 6.45) is 1.10. The molecule has 0 radical (unpaired) electrons. The first kappa shape index (κ1) is 6.99. The zero-order chi connectivity index (χ0) is 6.69. The number of hydrogen-bond acceptors (Lipinski definition) is 3. The summed E-state index contributed by atoms with van der Waals surface area (Å²) in [6, 6.07) is 0.417. The molecule has 3 heteroatoms. The van der Waals surface area contributed by atoms with E-state index in [1.54, 1.807) is 14.2 Å². The SMILES string of the molecule is COC(OC)C1CCN1. The highest BCUT2D eigenvalue weighted by atomic mass is 16.7. The maximum Gasteiger partial charge on any atom is 0.172 e. The zero-order valence-electron chi connectivity index (χ0n) is 5.89. The second-order valence-electron chi connectivity index (χ2n) is 2.19. The van der Waals surface area contributed by atoms with E-state index in [-0.39, 0.29) is 6.29 Å². The van der Waals surface area contributed by atoms with Gasteiger partial charge in [0.2, 0.25) is 0 Å². The molecule has 9 heavy (non-hydrogen) atoms. The Hall–Kier alpha value is -0.120. The third-order valence-corrected chi connectivity index (χ3v) is 1.66. The summed E-state index contributed by atoms with van der Waals surface area (Å²) >= 11 is 0. The lowest BCUT2D eigenvalue weighted by atomic mass is 10.1. The van der Waals surface area contributed by atoms with Gasteiger partial charge in [-0.1, -0.05) is 0 Å². The smallest absolute Gasteiger partial charge is 0.172 e. The van der Waals surface area contributed by atoms with E-state index in [2.05, 4.69) is 5.32 Å². The summed E-state index contributed by atoms with van der Waals surface area (Å²) < 4.78 is 10.0. The summed E-state index contributed by atoms with van der Waals surface area (Å²) in [5, 5.41) is 3.20. The fourth-order valence-electron chi connectivity index (χ4n) is 0.968. The van der Waals surface area contributed by atoms with Gasteiger partial charge in [0.1, 0.15) is 0 Å². The monoisotopic (exact) mass is 131 g/mol. The molecule has 0 aromatic heterocycles. The first-order valence-electron chi connectivity index (χ1n) is 3.17. The van der Waals surface area contributed by atoms with E-state index < -0.39 is 0 Å². The van der Waals surface area contributed by atoms with Crippen LogP contribution in [0.15, 0.2) is 0 Å². The molecule has 1 atom stereocenters. The van der Waals surface area contributed by atoms with Crippen LogP contribution in [0.1, 0.15) is 6.42 Å². The summed E-state index contributed by atoms with van der Waals surface area (Å²) in [5.74, 6) is 0. The Kier molecular flexibility index (Phi) is 2.45. The van der Waals surface area contributed by atoms with E-state index in [4.69, 9.17) is 9.47 Å². The van der Waals surface area contributed by atoms with Gasteiger partial charge in [-0.15, -0.1) is 0 Å². The molecule has 1 heterocycles. The highest BCUT2D eigenvalue weighted by molar-refractivity contribution is 4.80. The van der Waals surface area contributed by atoms with E-state index in [1.807, 2.05) is 0 Å². The van der Waals surface area contributed by atoms with E-state index >= 15 is 0 Å². The average molecular weight is 131 g/mol. The van der Waals surface area contributed by atoms with Crippen LogP contribution < -0.4 is 5.32 Å². The summed E-state index contributed by atoms with van der Waals surface area (Å²) in [4.78, 5) is 0. The first-order chi connectivity index (χ1) is 4.38. The van der Waals surface area contributed by atoms with Crippen molar-refractivity contribution in [1.29, 1.82) is 0 Å². The Labute approximate surface area is 55.3 Å². The highest BCUT2D eigenvalue weighted by Crippen LogP contribution is 2.09. The molecule has 0 spiro atoms. The quantitative estimate of drug-likeness (QED) is 0.545. The topological polar surface area (TPSA) is 30.5 Å². The third-order valence-electron chi connectivity index (χ3n) is 1.66. The molecule has 0 aromatic rings. The molecule has 0 aromatic carbocycles. The van der Waals surface area contributed by atoms with Crippen molar-refractivity contribution in [3.8, 4) is 0 Å². The average Bonchev–Trinajstić information content (AvgIpc) is 1.78. The van der Waals surface area contributed by atoms with Gasteiger partial charge in [0.25, 0.3) is 0 Å². The van der Waals surface area contributed by atoms with Crippen molar-refractivity contribution in [3.63, 3.8) is 0 Å². The molecular weight excluding hydrogens is 118 g/mol. The Morgan fingerprint density at radius 3 is 2.11 bits per heavy atom. The van der Waals surface area contributed by atoms with Crippen molar-refractivity contribution < 1.29 is 9.47 Å². The van der Waals surface area contributed by atoms with E-state index in [0.717, 1.165) is 13.0 Å². The lowest BCUT2D eigenvalue weighted by Crippen LogP contribution is -2.52. The van der Waals surface area contributed by atoms with Gasteiger partial charge in [0, 0.05) is 14.2 Å². The predicted octanol–water partition coefficient (Wildman–Crippen LogP) is -0.0328. The minimum atomic E-state index is -0.0567. The lowest BCUT2D eigenvalue weighted by molar-refractivity contribution is -0.134. The van der Waals surface area contributed by atoms with Crippen LogP contribution in [0.2, 0.25) is 0 Å². The minimum absolute atomic E-state index is 0.0567. The van der Waals surface area contributed by atoms with E-state index in [0.29, 0.717) is 6.04 Å². The van der Waals surface area contributed by atoms with Crippen LogP contribution >= 0.6 is 0 Å². The van der Waals surface area contributed by atoms with Gasteiger partial charge in [-0.2, -0.15) is 0 Å². The second-order valence-corrected chi connectivity index (χ2v) is 2.19. The van der Waals surface area contributed by atoms with Crippen molar-refractivity contribution in [2.45, 2.75) is 18.8 Å². The molecule has 0 bridgehead atoms. The van der Waals surface area contributed by atoms with Crippen molar-refractivity contribution in [1.82, 2.24) is 5.32 Å². The molecule has 1 fully saturated rings.